The van der Waals surface area contributed by atoms with Crippen molar-refractivity contribution in [3.8, 4) is 0 Å². The van der Waals surface area contributed by atoms with Crippen molar-refractivity contribution >= 4 is 5.91 Å². The number of nitrogens with one attached hydrogen (secondary N) is 1. The van der Waals surface area contributed by atoms with Gasteiger partial charge in [-0.3, -0.25) is 4.79 Å². The van der Waals surface area contributed by atoms with Gasteiger partial charge in [0.05, 0.1) is 18.1 Å². The third-order valence-electron chi connectivity index (χ3n) is 2.52. The van der Waals surface area contributed by atoms with E-state index in [4.69, 9.17) is 4.74 Å². The van der Waals surface area contributed by atoms with Crippen molar-refractivity contribution in [3.05, 3.63) is 0 Å². The maximum absolute atomic E-state index is 11.6. The van der Waals surface area contributed by atoms with Gasteiger partial charge in [-0.15, -0.1) is 0 Å². The monoisotopic (exact) mass is 245 g/mol. The van der Waals surface area contributed by atoms with Crippen LogP contribution in [0.15, 0.2) is 0 Å². The molecular weight excluding hydrogens is 218 g/mol. The minimum Gasteiger partial charge on any atom is -0.391 e. The number of carbonyl (C=O) groups is 1. The van der Waals surface area contributed by atoms with Crippen LogP contribution in [0, 0.1) is 5.41 Å². The van der Waals surface area contributed by atoms with E-state index in [1.165, 1.54) is 0 Å². The first-order valence-electron chi connectivity index (χ1n) is 6.06. The second-order valence-electron chi connectivity index (χ2n) is 6.36. The van der Waals surface area contributed by atoms with E-state index in [2.05, 4.69) is 26.1 Å². The molecule has 0 radical (unpaired) electrons. The molecule has 0 spiro atoms. The predicted octanol–water partition coefficient (Wildman–Crippen LogP) is 1.71. The Morgan fingerprint density at radius 1 is 1.29 bits per heavy atom. The Bertz CT molecular complexity index is 244. The number of aliphatic hydroxyl groups is 1. The van der Waals surface area contributed by atoms with Gasteiger partial charge in [-0.1, -0.05) is 20.8 Å². The fourth-order valence-electron chi connectivity index (χ4n) is 1.53. The van der Waals surface area contributed by atoms with E-state index in [0.29, 0.717) is 19.4 Å². The van der Waals surface area contributed by atoms with E-state index < -0.39 is 11.7 Å². The van der Waals surface area contributed by atoms with E-state index in [1.807, 2.05) is 13.8 Å². The van der Waals surface area contributed by atoms with Crippen LogP contribution in [0.4, 0.5) is 0 Å². The number of ether oxygens (including phenoxy) is 1. The molecule has 102 valence electrons. The average molecular weight is 245 g/mol. The molecule has 0 aromatic carbocycles. The van der Waals surface area contributed by atoms with Crippen molar-refractivity contribution < 1.29 is 14.6 Å². The van der Waals surface area contributed by atoms with Gasteiger partial charge in [-0.05, 0) is 25.7 Å². The lowest BCUT2D eigenvalue weighted by molar-refractivity contribution is -0.126. The average Bonchev–Trinajstić information content (AvgIpc) is 2.11. The molecule has 0 saturated carbocycles. The summed E-state index contributed by atoms with van der Waals surface area (Å²) in [6, 6.07) is 0. The lowest BCUT2D eigenvalue weighted by Crippen LogP contribution is -2.38. The summed E-state index contributed by atoms with van der Waals surface area (Å²) in [6.45, 7) is 10.2. The molecule has 0 aliphatic rings. The van der Waals surface area contributed by atoms with E-state index in [9.17, 15) is 9.90 Å². The number of hydrogen-bond acceptors (Lipinski definition) is 3. The molecule has 1 atom stereocenters. The van der Waals surface area contributed by atoms with Crippen molar-refractivity contribution in [1.82, 2.24) is 5.32 Å². The molecule has 4 nitrogen and oxygen atoms in total. The number of aliphatic hydroxyl groups excluding tert-OH is 1. The van der Waals surface area contributed by atoms with Crippen molar-refractivity contribution in [3.63, 3.8) is 0 Å². The van der Waals surface area contributed by atoms with Gasteiger partial charge in [0.1, 0.15) is 0 Å². The highest BCUT2D eigenvalue weighted by Crippen LogP contribution is 2.20. The third-order valence-corrected chi connectivity index (χ3v) is 2.52. The van der Waals surface area contributed by atoms with Crippen LogP contribution >= 0.6 is 0 Å². The van der Waals surface area contributed by atoms with Crippen LogP contribution < -0.4 is 5.32 Å². The summed E-state index contributed by atoms with van der Waals surface area (Å²) in [5.74, 6) is -0.0928. The summed E-state index contributed by atoms with van der Waals surface area (Å²) in [6.07, 6.45) is 0.469. The van der Waals surface area contributed by atoms with Crippen molar-refractivity contribution in [2.75, 3.05) is 13.7 Å². The van der Waals surface area contributed by atoms with Gasteiger partial charge < -0.3 is 15.2 Å². The molecule has 1 amide bonds. The van der Waals surface area contributed by atoms with Gasteiger partial charge in [-0.2, -0.15) is 0 Å². The van der Waals surface area contributed by atoms with E-state index in [-0.39, 0.29) is 11.3 Å². The molecule has 0 aliphatic heterocycles. The Balaban J connectivity index is 3.93. The highest BCUT2D eigenvalue weighted by molar-refractivity contribution is 5.76. The molecule has 0 saturated heterocycles. The van der Waals surface area contributed by atoms with Gasteiger partial charge in [0, 0.05) is 13.7 Å². The zero-order valence-electron chi connectivity index (χ0n) is 12.0. The second kappa shape index (κ2) is 6.36. The maximum Gasteiger partial charge on any atom is 0.222 e. The summed E-state index contributed by atoms with van der Waals surface area (Å²) in [7, 11) is 1.59. The van der Waals surface area contributed by atoms with Gasteiger partial charge >= 0.3 is 0 Å². The standard InChI is InChI=1S/C13H27NO3/c1-12(2,3)7-10(15)9-14-11(16)8-13(4,5)17-6/h10,15H,7-9H2,1-6H3,(H,14,16). The molecule has 0 heterocycles. The fourth-order valence-corrected chi connectivity index (χ4v) is 1.53. The first-order valence-corrected chi connectivity index (χ1v) is 6.06. The van der Waals surface area contributed by atoms with E-state index >= 15 is 0 Å². The summed E-state index contributed by atoms with van der Waals surface area (Å²) >= 11 is 0. The van der Waals surface area contributed by atoms with Crippen molar-refractivity contribution in [2.45, 2.75) is 59.2 Å². The fraction of sp³-hybridized carbons (Fsp3) is 0.923. The van der Waals surface area contributed by atoms with Gasteiger partial charge in [-0.25, -0.2) is 0 Å². The minimum atomic E-state index is -0.496. The van der Waals surface area contributed by atoms with E-state index in [1.54, 1.807) is 7.11 Å². The number of rotatable bonds is 6. The molecule has 4 heteroatoms. The third kappa shape index (κ3) is 9.12. The normalized spacial score (nSPS) is 14.5. The number of amides is 1. The van der Waals surface area contributed by atoms with E-state index in [0.717, 1.165) is 0 Å². The topological polar surface area (TPSA) is 58.6 Å². The predicted molar refractivity (Wildman–Crippen MR) is 68.8 cm³/mol. The Hall–Kier alpha value is -0.610. The van der Waals surface area contributed by atoms with Crippen LogP contribution in [0.1, 0.15) is 47.5 Å². The maximum atomic E-state index is 11.6. The molecule has 0 aromatic rings. The Kier molecular flexibility index (Phi) is 6.13. The van der Waals surface area contributed by atoms with Crippen LogP contribution in [-0.4, -0.2) is 36.4 Å². The van der Waals surface area contributed by atoms with Gasteiger partial charge in [0.15, 0.2) is 0 Å². The Labute approximate surface area is 105 Å². The molecule has 17 heavy (non-hydrogen) atoms. The quantitative estimate of drug-likeness (QED) is 0.749. The lowest BCUT2D eigenvalue weighted by atomic mass is 9.89. The first-order chi connectivity index (χ1) is 7.56. The zero-order chi connectivity index (χ0) is 13.7. The second-order valence-corrected chi connectivity index (χ2v) is 6.36. The number of hydrogen-bond donors (Lipinski definition) is 2. The molecule has 1 unspecified atom stereocenters. The summed E-state index contributed by atoms with van der Waals surface area (Å²) in [5, 5.41) is 12.5. The molecule has 0 fully saturated rings. The van der Waals surface area contributed by atoms with Gasteiger partial charge in [0.2, 0.25) is 5.91 Å². The van der Waals surface area contributed by atoms with Crippen LogP contribution in [0.25, 0.3) is 0 Å². The summed E-state index contributed by atoms with van der Waals surface area (Å²) < 4.78 is 5.17. The van der Waals surface area contributed by atoms with Crippen molar-refractivity contribution in [1.29, 1.82) is 0 Å². The summed E-state index contributed by atoms with van der Waals surface area (Å²) in [5.41, 5.74) is -0.394. The Morgan fingerprint density at radius 3 is 2.24 bits per heavy atom. The molecular formula is C13H27NO3. The zero-order valence-corrected chi connectivity index (χ0v) is 12.0. The van der Waals surface area contributed by atoms with Crippen LogP contribution in [0.5, 0.6) is 0 Å². The van der Waals surface area contributed by atoms with Crippen LogP contribution in [-0.2, 0) is 9.53 Å². The highest BCUT2D eigenvalue weighted by atomic mass is 16.5. The van der Waals surface area contributed by atoms with Gasteiger partial charge in [0.25, 0.3) is 0 Å². The number of carbonyl (C=O) groups excluding carboxylic acids is 1. The van der Waals surface area contributed by atoms with Crippen molar-refractivity contribution in [2.24, 2.45) is 5.41 Å². The molecule has 0 aromatic heterocycles. The van der Waals surface area contributed by atoms with Crippen LogP contribution in [0.3, 0.4) is 0 Å². The molecule has 0 rings (SSSR count). The first kappa shape index (κ1) is 16.4. The lowest BCUT2D eigenvalue weighted by Gasteiger charge is -2.24. The molecule has 0 bridgehead atoms. The minimum absolute atomic E-state index is 0.0654. The highest BCUT2D eigenvalue weighted by Gasteiger charge is 2.22. The molecule has 0 aliphatic carbocycles. The Morgan fingerprint density at radius 2 is 1.82 bits per heavy atom. The SMILES string of the molecule is COC(C)(C)CC(=O)NCC(O)CC(C)(C)C. The molecule has 2 N–H and O–H groups in total. The number of methoxy groups -OCH3 is 1. The van der Waals surface area contributed by atoms with Crippen LogP contribution in [0.2, 0.25) is 0 Å². The summed E-state index contributed by atoms with van der Waals surface area (Å²) in [4.78, 5) is 11.6. The largest absolute Gasteiger partial charge is 0.391 e. The smallest absolute Gasteiger partial charge is 0.222 e.